The van der Waals surface area contributed by atoms with E-state index in [0.29, 0.717) is 6.54 Å². The molecule has 0 spiro atoms. The lowest BCUT2D eigenvalue weighted by molar-refractivity contribution is -0.125. The van der Waals surface area contributed by atoms with Crippen molar-refractivity contribution < 1.29 is 9.59 Å². The van der Waals surface area contributed by atoms with Crippen LogP contribution in [0, 0.1) is 0 Å². The maximum absolute atomic E-state index is 12.5. The number of rotatable bonds is 3. The summed E-state index contributed by atoms with van der Waals surface area (Å²) in [6.07, 6.45) is 7.40. The van der Waals surface area contributed by atoms with Gasteiger partial charge in [-0.15, -0.1) is 0 Å². The summed E-state index contributed by atoms with van der Waals surface area (Å²) in [6, 6.07) is 9.15. The molecular formula is C18H25N3O2. The SMILES string of the molecule is O=C(NC1CCCCC1)[C@H]1CCCN1C(=O)Nc1ccccc1. The molecule has 1 atom stereocenters. The number of hydrogen-bond donors (Lipinski definition) is 2. The maximum atomic E-state index is 12.5. The van der Waals surface area contributed by atoms with E-state index in [9.17, 15) is 9.59 Å². The van der Waals surface area contributed by atoms with Gasteiger partial charge in [-0.25, -0.2) is 4.79 Å². The summed E-state index contributed by atoms with van der Waals surface area (Å²) in [4.78, 5) is 26.7. The van der Waals surface area contributed by atoms with Crippen molar-refractivity contribution >= 4 is 17.6 Å². The topological polar surface area (TPSA) is 61.4 Å². The molecule has 1 aromatic carbocycles. The van der Waals surface area contributed by atoms with Gasteiger partial charge >= 0.3 is 6.03 Å². The molecule has 1 saturated heterocycles. The van der Waals surface area contributed by atoms with E-state index in [1.807, 2.05) is 30.3 Å². The van der Waals surface area contributed by atoms with Gasteiger partial charge in [0.2, 0.25) is 5.91 Å². The molecule has 1 saturated carbocycles. The van der Waals surface area contributed by atoms with E-state index in [0.717, 1.165) is 31.4 Å². The van der Waals surface area contributed by atoms with Crippen LogP contribution in [-0.4, -0.2) is 35.5 Å². The molecule has 5 nitrogen and oxygen atoms in total. The van der Waals surface area contributed by atoms with Gasteiger partial charge in [0.25, 0.3) is 0 Å². The molecule has 0 unspecified atom stereocenters. The molecule has 1 aliphatic carbocycles. The van der Waals surface area contributed by atoms with E-state index in [1.165, 1.54) is 19.3 Å². The Kier molecular flexibility index (Phi) is 5.16. The number of para-hydroxylation sites is 1. The number of carbonyl (C=O) groups is 2. The average molecular weight is 315 g/mol. The largest absolute Gasteiger partial charge is 0.352 e. The molecule has 1 aliphatic heterocycles. The molecule has 2 fully saturated rings. The summed E-state index contributed by atoms with van der Waals surface area (Å²) >= 11 is 0. The van der Waals surface area contributed by atoms with Crippen LogP contribution in [0.25, 0.3) is 0 Å². The van der Waals surface area contributed by atoms with Crippen LogP contribution in [-0.2, 0) is 4.79 Å². The first-order valence-electron chi connectivity index (χ1n) is 8.67. The third-order valence-corrected chi connectivity index (χ3v) is 4.79. The molecule has 1 heterocycles. The Hall–Kier alpha value is -2.04. The van der Waals surface area contributed by atoms with Crippen LogP contribution in [0.1, 0.15) is 44.9 Å². The van der Waals surface area contributed by atoms with Crippen molar-refractivity contribution in [1.82, 2.24) is 10.2 Å². The summed E-state index contributed by atoms with van der Waals surface area (Å²) in [5, 5.41) is 6.03. The lowest BCUT2D eigenvalue weighted by atomic mass is 9.95. The van der Waals surface area contributed by atoms with E-state index >= 15 is 0 Å². The first kappa shape index (κ1) is 15.8. The number of anilines is 1. The second kappa shape index (κ2) is 7.49. The normalized spacial score (nSPS) is 21.9. The smallest absolute Gasteiger partial charge is 0.322 e. The van der Waals surface area contributed by atoms with E-state index in [1.54, 1.807) is 4.90 Å². The number of carbonyl (C=O) groups excluding carboxylic acids is 2. The maximum Gasteiger partial charge on any atom is 0.322 e. The molecule has 23 heavy (non-hydrogen) atoms. The van der Waals surface area contributed by atoms with Crippen molar-refractivity contribution in [1.29, 1.82) is 0 Å². The predicted molar refractivity (Wildman–Crippen MR) is 90.2 cm³/mol. The van der Waals surface area contributed by atoms with Crippen LogP contribution in [0.2, 0.25) is 0 Å². The molecule has 2 aliphatic rings. The van der Waals surface area contributed by atoms with Crippen LogP contribution in [0.3, 0.4) is 0 Å². The molecule has 1 aromatic rings. The first-order chi connectivity index (χ1) is 11.2. The van der Waals surface area contributed by atoms with Gasteiger partial charge in [-0.3, -0.25) is 4.79 Å². The number of likely N-dealkylation sites (tertiary alicyclic amines) is 1. The van der Waals surface area contributed by atoms with Gasteiger partial charge in [0.1, 0.15) is 6.04 Å². The number of nitrogens with one attached hydrogen (secondary N) is 2. The van der Waals surface area contributed by atoms with Crippen LogP contribution >= 0.6 is 0 Å². The van der Waals surface area contributed by atoms with Gasteiger partial charge in [-0.05, 0) is 37.8 Å². The minimum absolute atomic E-state index is 0.0117. The van der Waals surface area contributed by atoms with Crippen molar-refractivity contribution in [2.24, 2.45) is 0 Å². The van der Waals surface area contributed by atoms with Gasteiger partial charge in [-0.1, -0.05) is 37.5 Å². The quantitative estimate of drug-likeness (QED) is 0.900. The molecule has 5 heteroatoms. The van der Waals surface area contributed by atoms with Crippen LogP contribution in [0.4, 0.5) is 10.5 Å². The highest BCUT2D eigenvalue weighted by Gasteiger charge is 2.35. The lowest BCUT2D eigenvalue weighted by Gasteiger charge is -2.28. The number of amides is 3. The highest BCUT2D eigenvalue weighted by atomic mass is 16.2. The minimum atomic E-state index is -0.333. The predicted octanol–water partition coefficient (Wildman–Crippen LogP) is 3.13. The van der Waals surface area contributed by atoms with Crippen LogP contribution in [0.15, 0.2) is 30.3 Å². The highest BCUT2D eigenvalue weighted by molar-refractivity contribution is 5.94. The van der Waals surface area contributed by atoms with Crippen molar-refractivity contribution in [3.63, 3.8) is 0 Å². The van der Waals surface area contributed by atoms with Gasteiger partial charge in [0, 0.05) is 18.3 Å². The lowest BCUT2D eigenvalue weighted by Crippen LogP contribution is -2.50. The number of nitrogens with zero attached hydrogens (tertiary/aromatic N) is 1. The second-order valence-corrected chi connectivity index (χ2v) is 6.49. The third kappa shape index (κ3) is 4.03. The Morgan fingerprint density at radius 1 is 0.957 bits per heavy atom. The molecule has 124 valence electrons. The van der Waals surface area contributed by atoms with Gasteiger partial charge in [-0.2, -0.15) is 0 Å². The van der Waals surface area contributed by atoms with E-state index in [2.05, 4.69) is 10.6 Å². The Labute approximate surface area is 137 Å². The molecule has 0 bridgehead atoms. The van der Waals surface area contributed by atoms with Crippen molar-refractivity contribution in [2.45, 2.75) is 57.0 Å². The second-order valence-electron chi connectivity index (χ2n) is 6.49. The molecule has 0 aromatic heterocycles. The van der Waals surface area contributed by atoms with Gasteiger partial charge in [0.15, 0.2) is 0 Å². The Morgan fingerprint density at radius 3 is 2.43 bits per heavy atom. The zero-order chi connectivity index (χ0) is 16.1. The average Bonchev–Trinajstić information content (AvgIpc) is 3.06. The first-order valence-corrected chi connectivity index (χ1v) is 8.67. The molecule has 3 rings (SSSR count). The summed E-state index contributed by atoms with van der Waals surface area (Å²) in [5.74, 6) is 0.0117. The monoisotopic (exact) mass is 315 g/mol. The zero-order valence-corrected chi connectivity index (χ0v) is 13.5. The summed E-state index contributed by atoms with van der Waals surface area (Å²) in [5.41, 5.74) is 0.760. The summed E-state index contributed by atoms with van der Waals surface area (Å²) in [6.45, 7) is 0.640. The van der Waals surface area contributed by atoms with E-state index in [-0.39, 0.29) is 24.0 Å². The fraction of sp³-hybridized carbons (Fsp3) is 0.556. The molecule has 3 amide bonds. The molecule has 0 radical (unpaired) electrons. The van der Waals surface area contributed by atoms with E-state index in [4.69, 9.17) is 0 Å². The van der Waals surface area contributed by atoms with E-state index < -0.39 is 0 Å². The van der Waals surface area contributed by atoms with Crippen molar-refractivity contribution in [3.05, 3.63) is 30.3 Å². The summed E-state index contributed by atoms with van der Waals surface area (Å²) < 4.78 is 0. The van der Waals surface area contributed by atoms with Crippen molar-refractivity contribution in [2.75, 3.05) is 11.9 Å². The number of hydrogen-bond acceptors (Lipinski definition) is 2. The Bertz CT molecular complexity index is 540. The van der Waals surface area contributed by atoms with Crippen molar-refractivity contribution in [3.8, 4) is 0 Å². The summed E-state index contributed by atoms with van der Waals surface area (Å²) in [7, 11) is 0. The number of urea groups is 1. The Balaban J connectivity index is 1.58. The van der Waals surface area contributed by atoms with Gasteiger partial charge in [0.05, 0.1) is 0 Å². The minimum Gasteiger partial charge on any atom is -0.352 e. The number of benzene rings is 1. The fourth-order valence-electron chi connectivity index (χ4n) is 3.54. The van der Waals surface area contributed by atoms with Crippen LogP contribution < -0.4 is 10.6 Å². The fourth-order valence-corrected chi connectivity index (χ4v) is 3.54. The highest BCUT2D eigenvalue weighted by Crippen LogP contribution is 2.21. The third-order valence-electron chi connectivity index (χ3n) is 4.79. The zero-order valence-electron chi connectivity index (χ0n) is 13.5. The Morgan fingerprint density at radius 2 is 1.70 bits per heavy atom. The van der Waals surface area contributed by atoms with Gasteiger partial charge < -0.3 is 15.5 Å². The molecular weight excluding hydrogens is 290 g/mol. The van der Waals surface area contributed by atoms with Crippen LogP contribution in [0.5, 0.6) is 0 Å². The molecule has 2 N–H and O–H groups in total. The standard InChI is InChI=1S/C18H25N3O2/c22-17(19-14-8-3-1-4-9-14)16-12-7-13-21(16)18(23)20-15-10-5-2-6-11-15/h2,5-6,10-11,14,16H,1,3-4,7-9,12-13H2,(H,19,22)(H,20,23)/t16-/m1/s1.